The Morgan fingerprint density at radius 1 is 0.439 bits per heavy atom. The van der Waals surface area contributed by atoms with Crippen molar-refractivity contribution in [2.75, 3.05) is 0 Å². The highest BCUT2D eigenvalue weighted by atomic mass is 19.4. The molecular weight excluding hydrogens is 893 g/mol. The average Bonchev–Trinajstić information content (AvgIpc) is 3.25. The molecule has 2 aliphatic rings. The smallest absolute Gasteiger partial charge is 0.429 e. The van der Waals surface area contributed by atoms with Crippen LogP contribution in [0.1, 0.15) is 152 Å². The molecule has 6 rings (SSSR count). The van der Waals surface area contributed by atoms with Crippen molar-refractivity contribution in [2.24, 2.45) is 11.8 Å². The van der Waals surface area contributed by atoms with Gasteiger partial charge in [-0.15, -0.1) is 26.3 Å². The largest absolute Gasteiger partial charge is 0.573 e. The zero-order chi connectivity index (χ0) is 47.4. The van der Waals surface area contributed by atoms with Crippen molar-refractivity contribution in [3.63, 3.8) is 0 Å². The number of hydrogen-bond acceptors (Lipinski definition) is 4. The van der Waals surface area contributed by atoms with Crippen LogP contribution >= 0.6 is 0 Å². The van der Waals surface area contributed by atoms with E-state index < -0.39 is 70.7 Å². The van der Waals surface area contributed by atoms with Gasteiger partial charge in [0.25, 0.3) is 0 Å². The Morgan fingerprint density at radius 3 is 1.11 bits per heavy atom. The summed E-state index contributed by atoms with van der Waals surface area (Å²) in [5.74, 6) is -4.21. The van der Waals surface area contributed by atoms with Gasteiger partial charge in [-0.05, 0) is 135 Å². The Bertz CT molecular complexity index is 2050. The van der Waals surface area contributed by atoms with Crippen LogP contribution < -0.4 is 18.9 Å². The van der Waals surface area contributed by atoms with Gasteiger partial charge >= 0.3 is 24.9 Å². The molecule has 0 amide bonds. The van der Waals surface area contributed by atoms with Gasteiger partial charge in [-0.1, -0.05) is 90.5 Å². The minimum Gasteiger partial charge on any atom is -0.429 e. The number of unbranched alkanes of at least 4 members (excludes halogenated alkanes) is 3. The zero-order valence-corrected chi connectivity index (χ0v) is 36.2. The maximum Gasteiger partial charge on any atom is 0.573 e. The number of ether oxygens (including phenoxy) is 4. The highest BCUT2D eigenvalue weighted by Gasteiger charge is 2.38. The predicted octanol–water partition coefficient (Wildman–Crippen LogP) is 17.7. The predicted molar refractivity (Wildman–Crippen MR) is 228 cm³/mol. The van der Waals surface area contributed by atoms with Crippen molar-refractivity contribution in [3.05, 3.63) is 119 Å². The van der Waals surface area contributed by atoms with Crippen LogP contribution in [0.5, 0.6) is 23.0 Å². The summed E-state index contributed by atoms with van der Waals surface area (Å²) in [6, 6.07) is 15.4. The van der Waals surface area contributed by atoms with Gasteiger partial charge in [0.2, 0.25) is 0 Å². The fraction of sp³-hybridized carbons (Fsp3) is 0.520. The summed E-state index contributed by atoms with van der Waals surface area (Å²) in [4.78, 5) is 0. The van der Waals surface area contributed by atoms with Crippen LogP contribution in [-0.4, -0.2) is 12.7 Å². The maximum absolute atomic E-state index is 14.6. The first-order valence-corrected chi connectivity index (χ1v) is 22.1. The van der Waals surface area contributed by atoms with Crippen LogP contribution in [0.2, 0.25) is 0 Å². The molecule has 0 heterocycles. The van der Waals surface area contributed by atoms with Crippen molar-refractivity contribution in [2.45, 2.75) is 154 Å². The summed E-state index contributed by atoms with van der Waals surface area (Å²) in [7, 11) is 0. The van der Waals surface area contributed by atoms with Crippen molar-refractivity contribution >= 4 is 0 Å². The Kier molecular flexibility index (Phi) is 19.4. The molecule has 0 unspecified atom stereocenters. The maximum atomic E-state index is 14.6. The third-order valence-corrected chi connectivity index (χ3v) is 12.1. The van der Waals surface area contributed by atoms with Crippen LogP contribution in [0.4, 0.5) is 52.7 Å². The highest BCUT2D eigenvalue weighted by Crippen LogP contribution is 2.42. The molecule has 4 aromatic carbocycles. The molecule has 0 aliphatic heterocycles. The van der Waals surface area contributed by atoms with E-state index in [4.69, 9.17) is 0 Å². The van der Waals surface area contributed by atoms with Crippen molar-refractivity contribution in [1.82, 2.24) is 0 Å². The van der Waals surface area contributed by atoms with Gasteiger partial charge in [-0.2, -0.15) is 17.6 Å². The van der Waals surface area contributed by atoms with E-state index >= 15 is 0 Å². The summed E-state index contributed by atoms with van der Waals surface area (Å²) in [5.41, 5.74) is 1.16. The summed E-state index contributed by atoms with van der Waals surface area (Å²) in [6.07, 6.45) is -0.367. The van der Waals surface area contributed by atoms with Gasteiger partial charge in [-0.3, -0.25) is 0 Å². The standard InChI is InChI=1S/C25H28F6O2.C24H26F6O2.CH4/c1-2-3-4-5-17-6-8-18(9-7-17)19-10-12-20(13-11-19)24(27,28)32-21-14-15-23(22(26)16-21)33-25(29,30)31;1-2-3-4-16-5-7-17(8-6-16)18-9-11-19(12-10-18)23(26,27)31-20-13-14-22(21(25)15-20)32-24(28,29)30;/h10-18H,2-9H2,1H3;9-17H,2-8H2,1H3;1H4. The van der Waals surface area contributed by atoms with Crippen LogP contribution in [0.15, 0.2) is 84.9 Å². The fourth-order valence-corrected chi connectivity index (χ4v) is 8.56. The Labute approximate surface area is 379 Å². The molecule has 2 saturated carbocycles. The normalized spacial score (nSPS) is 19.2. The summed E-state index contributed by atoms with van der Waals surface area (Å²) in [6.45, 7) is 4.37. The summed E-state index contributed by atoms with van der Waals surface area (Å²) < 4.78 is 175. The van der Waals surface area contributed by atoms with Gasteiger partial charge < -0.3 is 18.9 Å². The minimum atomic E-state index is -5.09. The molecule has 16 heteroatoms. The molecule has 2 aliphatic carbocycles. The van der Waals surface area contributed by atoms with Gasteiger partial charge in [0.1, 0.15) is 11.5 Å². The number of hydrogen-bond donors (Lipinski definition) is 0. The number of benzene rings is 4. The van der Waals surface area contributed by atoms with Gasteiger partial charge in [0.05, 0.1) is 11.1 Å². The van der Waals surface area contributed by atoms with E-state index in [9.17, 15) is 52.7 Å². The lowest BCUT2D eigenvalue weighted by atomic mass is 9.77. The Morgan fingerprint density at radius 2 is 0.788 bits per heavy atom. The SMILES string of the molecule is C.CCCCC1CCC(c2ccc(C(F)(F)Oc3ccc(OC(F)(F)F)c(F)c3)cc2)CC1.CCCCCC1CCC(c2ccc(C(F)(F)Oc3ccc(OC(F)(F)F)c(F)c3)cc2)CC1. The molecule has 0 aromatic heterocycles. The lowest BCUT2D eigenvalue weighted by Gasteiger charge is -2.29. The first-order chi connectivity index (χ1) is 30.6. The van der Waals surface area contributed by atoms with Crippen molar-refractivity contribution in [1.29, 1.82) is 0 Å². The molecule has 0 N–H and O–H groups in total. The molecule has 2 fully saturated rings. The number of alkyl halides is 10. The second-order valence-corrected chi connectivity index (χ2v) is 16.8. The van der Waals surface area contributed by atoms with Gasteiger partial charge in [0, 0.05) is 12.1 Å². The average molecular weight is 951 g/mol. The van der Waals surface area contributed by atoms with Crippen LogP contribution in [0.25, 0.3) is 0 Å². The highest BCUT2D eigenvalue weighted by molar-refractivity contribution is 5.36. The molecule has 0 bridgehead atoms. The molecule has 4 aromatic rings. The van der Waals surface area contributed by atoms with Crippen LogP contribution in [0, 0.1) is 23.5 Å². The third-order valence-electron chi connectivity index (χ3n) is 12.1. The molecule has 366 valence electrons. The van der Waals surface area contributed by atoms with E-state index in [1.165, 1.54) is 69.2 Å². The molecule has 4 nitrogen and oxygen atoms in total. The lowest BCUT2D eigenvalue weighted by molar-refractivity contribution is -0.276. The topological polar surface area (TPSA) is 36.9 Å². The fourth-order valence-electron chi connectivity index (χ4n) is 8.56. The molecular formula is C50H58F12O4. The van der Waals surface area contributed by atoms with Crippen molar-refractivity contribution < 1.29 is 71.6 Å². The lowest BCUT2D eigenvalue weighted by Crippen LogP contribution is -2.22. The second-order valence-electron chi connectivity index (χ2n) is 16.8. The molecule has 0 radical (unpaired) electrons. The monoisotopic (exact) mass is 950 g/mol. The zero-order valence-electron chi connectivity index (χ0n) is 36.2. The van der Waals surface area contributed by atoms with E-state index in [2.05, 4.69) is 32.8 Å². The Hall–Kier alpha value is -4.76. The van der Waals surface area contributed by atoms with E-state index in [0.717, 1.165) is 86.5 Å². The first kappa shape index (κ1) is 53.9. The first-order valence-electron chi connectivity index (χ1n) is 22.1. The Balaban J connectivity index is 0.000000284. The van der Waals surface area contributed by atoms with E-state index in [1.807, 2.05) is 0 Å². The molecule has 0 atom stereocenters. The van der Waals surface area contributed by atoms with E-state index in [1.54, 1.807) is 24.3 Å². The molecule has 0 saturated heterocycles. The summed E-state index contributed by atoms with van der Waals surface area (Å²) in [5, 5.41) is 0. The third kappa shape index (κ3) is 16.5. The molecule has 0 spiro atoms. The van der Waals surface area contributed by atoms with Gasteiger partial charge in [0.15, 0.2) is 23.1 Å². The van der Waals surface area contributed by atoms with Gasteiger partial charge in [-0.25, -0.2) is 8.78 Å². The van der Waals surface area contributed by atoms with E-state index in [-0.39, 0.29) is 7.43 Å². The molecule has 66 heavy (non-hydrogen) atoms. The van der Waals surface area contributed by atoms with E-state index in [0.29, 0.717) is 36.1 Å². The quantitative estimate of drug-likeness (QED) is 0.0781. The summed E-state index contributed by atoms with van der Waals surface area (Å²) >= 11 is 0. The van der Waals surface area contributed by atoms with Crippen LogP contribution in [-0.2, 0) is 12.2 Å². The minimum absolute atomic E-state index is 0. The van der Waals surface area contributed by atoms with Crippen LogP contribution in [0.3, 0.4) is 0 Å². The second kappa shape index (κ2) is 23.8. The number of halogens is 12. The number of rotatable bonds is 17. The van der Waals surface area contributed by atoms with Crippen molar-refractivity contribution in [3.8, 4) is 23.0 Å².